The van der Waals surface area contributed by atoms with Gasteiger partial charge in [0, 0.05) is 18.7 Å². The molecule has 0 heterocycles. The molecular weight excluding hydrogens is 229 g/mol. The fourth-order valence-electron chi connectivity index (χ4n) is 2.33. The molecular formula is C15H22FNO. The molecule has 100 valence electrons. The zero-order chi connectivity index (χ0) is 13.0. The molecule has 0 spiro atoms. The van der Waals surface area contributed by atoms with Crippen molar-refractivity contribution >= 4 is 0 Å². The maximum Gasteiger partial charge on any atom is 0.129 e. The Labute approximate surface area is 108 Å². The van der Waals surface area contributed by atoms with Crippen LogP contribution in [0, 0.1) is 11.7 Å². The Bertz CT molecular complexity index is 379. The molecule has 1 atom stereocenters. The van der Waals surface area contributed by atoms with Gasteiger partial charge in [-0.1, -0.05) is 25.1 Å². The number of hydrogen-bond acceptors (Lipinski definition) is 2. The van der Waals surface area contributed by atoms with Crippen molar-refractivity contribution in [2.24, 2.45) is 5.92 Å². The maximum absolute atomic E-state index is 13.6. The molecule has 0 radical (unpaired) electrons. The van der Waals surface area contributed by atoms with E-state index < -0.39 is 6.10 Å². The van der Waals surface area contributed by atoms with Crippen molar-refractivity contribution in [2.45, 2.75) is 32.3 Å². The van der Waals surface area contributed by atoms with E-state index in [-0.39, 0.29) is 5.82 Å². The van der Waals surface area contributed by atoms with Gasteiger partial charge in [-0.3, -0.25) is 0 Å². The average molecular weight is 251 g/mol. The van der Waals surface area contributed by atoms with E-state index in [9.17, 15) is 9.50 Å². The van der Waals surface area contributed by atoms with Crippen LogP contribution in [-0.4, -0.2) is 29.6 Å². The Morgan fingerprint density at radius 3 is 2.72 bits per heavy atom. The highest BCUT2D eigenvalue weighted by Gasteiger charge is 2.25. The number of rotatable bonds is 7. The molecule has 1 aromatic carbocycles. The molecule has 1 aliphatic rings. The van der Waals surface area contributed by atoms with Crippen molar-refractivity contribution in [1.82, 2.24) is 4.90 Å². The molecule has 1 fully saturated rings. The molecule has 0 aliphatic heterocycles. The summed E-state index contributed by atoms with van der Waals surface area (Å²) in [5.41, 5.74) is 0.411. The Morgan fingerprint density at radius 2 is 2.11 bits per heavy atom. The van der Waals surface area contributed by atoms with E-state index >= 15 is 0 Å². The number of benzene rings is 1. The summed E-state index contributed by atoms with van der Waals surface area (Å²) < 4.78 is 13.6. The number of nitrogens with zero attached hydrogens (tertiary/aromatic N) is 1. The lowest BCUT2D eigenvalue weighted by Gasteiger charge is -2.24. The molecule has 0 amide bonds. The lowest BCUT2D eigenvalue weighted by Crippen LogP contribution is -2.31. The minimum atomic E-state index is -0.725. The molecule has 1 saturated carbocycles. The summed E-state index contributed by atoms with van der Waals surface area (Å²) in [5.74, 6) is 0.484. The minimum Gasteiger partial charge on any atom is -0.387 e. The van der Waals surface area contributed by atoms with Crippen LogP contribution in [0.15, 0.2) is 24.3 Å². The standard InChI is InChI=1S/C15H22FNO/c1-2-9-17(10-12-7-8-12)11-15(18)13-5-3-4-6-14(13)16/h3-6,12,15,18H,2,7-11H2,1H3. The minimum absolute atomic E-state index is 0.312. The van der Waals surface area contributed by atoms with Gasteiger partial charge in [0.1, 0.15) is 5.82 Å². The first-order valence-corrected chi connectivity index (χ1v) is 6.85. The van der Waals surface area contributed by atoms with Gasteiger partial charge in [0.15, 0.2) is 0 Å². The molecule has 18 heavy (non-hydrogen) atoms. The Morgan fingerprint density at radius 1 is 1.39 bits per heavy atom. The number of hydrogen-bond donors (Lipinski definition) is 1. The van der Waals surface area contributed by atoms with Crippen LogP contribution in [0.1, 0.15) is 37.9 Å². The van der Waals surface area contributed by atoms with Crippen molar-refractivity contribution in [2.75, 3.05) is 19.6 Å². The molecule has 1 aliphatic carbocycles. The Balaban J connectivity index is 1.94. The second kappa shape index (κ2) is 6.30. The van der Waals surface area contributed by atoms with Crippen LogP contribution in [0.4, 0.5) is 4.39 Å². The zero-order valence-corrected chi connectivity index (χ0v) is 11.0. The molecule has 2 nitrogen and oxygen atoms in total. The van der Waals surface area contributed by atoms with Crippen molar-refractivity contribution < 1.29 is 9.50 Å². The Hall–Kier alpha value is -0.930. The van der Waals surface area contributed by atoms with E-state index in [1.54, 1.807) is 18.2 Å². The predicted molar refractivity (Wildman–Crippen MR) is 70.8 cm³/mol. The van der Waals surface area contributed by atoms with Crippen LogP contribution >= 0.6 is 0 Å². The van der Waals surface area contributed by atoms with Gasteiger partial charge >= 0.3 is 0 Å². The van der Waals surface area contributed by atoms with E-state index in [0.717, 1.165) is 25.4 Å². The lowest BCUT2D eigenvalue weighted by atomic mass is 10.1. The average Bonchev–Trinajstić information content (AvgIpc) is 3.13. The largest absolute Gasteiger partial charge is 0.387 e. The van der Waals surface area contributed by atoms with Gasteiger partial charge < -0.3 is 10.0 Å². The summed E-state index contributed by atoms with van der Waals surface area (Å²) in [6.45, 7) is 4.68. The summed E-state index contributed by atoms with van der Waals surface area (Å²) in [7, 11) is 0. The first kappa shape index (κ1) is 13.5. The Kier molecular flexibility index (Phi) is 4.72. The van der Waals surface area contributed by atoms with Crippen molar-refractivity contribution in [1.29, 1.82) is 0 Å². The molecule has 1 aromatic rings. The monoisotopic (exact) mass is 251 g/mol. The summed E-state index contributed by atoms with van der Waals surface area (Å²) >= 11 is 0. The van der Waals surface area contributed by atoms with Crippen molar-refractivity contribution in [3.8, 4) is 0 Å². The molecule has 3 heteroatoms. The van der Waals surface area contributed by atoms with E-state index in [4.69, 9.17) is 0 Å². The highest BCUT2D eigenvalue weighted by Crippen LogP contribution is 2.30. The van der Waals surface area contributed by atoms with Crippen LogP contribution in [0.2, 0.25) is 0 Å². The fraction of sp³-hybridized carbons (Fsp3) is 0.600. The van der Waals surface area contributed by atoms with Crippen molar-refractivity contribution in [3.63, 3.8) is 0 Å². The van der Waals surface area contributed by atoms with Gasteiger partial charge in [0.25, 0.3) is 0 Å². The summed E-state index contributed by atoms with van der Waals surface area (Å²) in [5, 5.41) is 10.2. The fourth-order valence-corrected chi connectivity index (χ4v) is 2.33. The van der Waals surface area contributed by atoms with E-state index in [1.807, 2.05) is 0 Å². The topological polar surface area (TPSA) is 23.5 Å². The third kappa shape index (κ3) is 3.79. The van der Waals surface area contributed by atoms with Gasteiger partial charge in [-0.2, -0.15) is 0 Å². The normalized spacial score (nSPS) is 17.1. The second-order valence-corrected chi connectivity index (χ2v) is 5.24. The summed E-state index contributed by atoms with van der Waals surface area (Å²) in [4.78, 5) is 2.26. The number of aliphatic hydroxyl groups is 1. The molecule has 1 unspecified atom stereocenters. The van der Waals surface area contributed by atoms with Gasteiger partial charge in [0.05, 0.1) is 6.10 Å². The molecule has 0 aromatic heterocycles. The van der Waals surface area contributed by atoms with Gasteiger partial charge in [0.2, 0.25) is 0 Å². The highest BCUT2D eigenvalue weighted by molar-refractivity contribution is 5.20. The third-order valence-electron chi connectivity index (χ3n) is 3.45. The molecule has 1 N–H and O–H groups in total. The van der Waals surface area contributed by atoms with E-state index in [1.165, 1.54) is 18.9 Å². The van der Waals surface area contributed by atoms with Gasteiger partial charge in [-0.05, 0) is 37.8 Å². The predicted octanol–water partition coefficient (Wildman–Crippen LogP) is 2.98. The van der Waals surface area contributed by atoms with Gasteiger partial charge in [-0.15, -0.1) is 0 Å². The molecule has 0 bridgehead atoms. The van der Waals surface area contributed by atoms with Crippen LogP contribution < -0.4 is 0 Å². The number of halogens is 1. The molecule has 0 saturated heterocycles. The van der Waals surface area contributed by atoms with Crippen LogP contribution in [0.3, 0.4) is 0 Å². The first-order valence-electron chi connectivity index (χ1n) is 6.85. The highest BCUT2D eigenvalue weighted by atomic mass is 19.1. The van der Waals surface area contributed by atoms with Crippen LogP contribution in [-0.2, 0) is 0 Å². The smallest absolute Gasteiger partial charge is 0.129 e. The quantitative estimate of drug-likeness (QED) is 0.805. The van der Waals surface area contributed by atoms with Crippen LogP contribution in [0.5, 0.6) is 0 Å². The molecule has 2 rings (SSSR count). The lowest BCUT2D eigenvalue weighted by molar-refractivity contribution is 0.107. The second-order valence-electron chi connectivity index (χ2n) is 5.24. The SMILES string of the molecule is CCCN(CC1CC1)CC(O)c1ccccc1F. The third-order valence-corrected chi connectivity index (χ3v) is 3.45. The summed E-state index contributed by atoms with van der Waals surface area (Å²) in [6, 6.07) is 6.50. The zero-order valence-electron chi connectivity index (χ0n) is 11.0. The maximum atomic E-state index is 13.6. The first-order chi connectivity index (χ1) is 8.70. The number of aliphatic hydroxyl groups excluding tert-OH is 1. The van der Waals surface area contributed by atoms with E-state index in [2.05, 4.69) is 11.8 Å². The summed E-state index contributed by atoms with van der Waals surface area (Å²) in [6.07, 6.45) is 2.94. The van der Waals surface area contributed by atoms with Gasteiger partial charge in [-0.25, -0.2) is 4.39 Å². The van der Waals surface area contributed by atoms with Crippen LogP contribution in [0.25, 0.3) is 0 Å². The van der Waals surface area contributed by atoms with Crippen molar-refractivity contribution in [3.05, 3.63) is 35.6 Å². The van der Waals surface area contributed by atoms with E-state index in [0.29, 0.717) is 12.1 Å².